The van der Waals surface area contributed by atoms with Gasteiger partial charge in [-0.25, -0.2) is 0 Å². The van der Waals surface area contributed by atoms with Crippen molar-refractivity contribution in [1.82, 2.24) is 0 Å². The van der Waals surface area contributed by atoms with Gasteiger partial charge in [0.1, 0.15) is 5.75 Å². The van der Waals surface area contributed by atoms with E-state index >= 15 is 0 Å². The number of hydrogen-bond acceptors (Lipinski definition) is 5. The Morgan fingerprint density at radius 1 is 0.711 bits per heavy atom. The molecule has 0 aliphatic carbocycles. The van der Waals surface area contributed by atoms with Crippen LogP contribution in [0.25, 0.3) is 0 Å². The van der Waals surface area contributed by atoms with E-state index in [4.69, 9.17) is 4.55 Å². The first-order valence-corrected chi connectivity index (χ1v) is 15.5. The fourth-order valence-electron chi connectivity index (χ4n) is 3.77. The minimum absolute atomic E-state index is 0.391. The molecule has 222 valence electrons. The van der Waals surface area contributed by atoms with Crippen molar-refractivity contribution in [3.63, 3.8) is 0 Å². The average molecular weight is 599 g/mol. The summed E-state index contributed by atoms with van der Waals surface area (Å²) in [5.41, 5.74) is 0.430. The van der Waals surface area contributed by atoms with Crippen molar-refractivity contribution in [3.8, 4) is 5.75 Å². The lowest BCUT2D eigenvalue weighted by molar-refractivity contribution is -0.247. The number of halogens is 6. The first-order chi connectivity index (χ1) is 17.5. The summed E-state index contributed by atoms with van der Waals surface area (Å²) in [5.74, 6) is -7.89. The number of aryl methyl sites for hydroxylation is 1. The molecular formula is C24H36F6O6S2. The van der Waals surface area contributed by atoms with Gasteiger partial charge >= 0.3 is 36.7 Å². The van der Waals surface area contributed by atoms with Crippen molar-refractivity contribution in [2.45, 2.75) is 113 Å². The number of benzene rings is 1. The number of unbranched alkanes of at least 4 members (excludes halogenated alkanes) is 12. The van der Waals surface area contributed by atoms with Gasteiger partial charge in [-0.15, -0.1) is 0 Å². The lowest BCUT2D eigenvalue weighted by Gasteiger charge is -2.29. The van der Waals surface area contributed by atoms with Crippen LogP contribution in [0.3, 0.4) is 0 Å². The van der Waals surface area contributed by atoms with E-state index in [0.717, 1.165) is 37.8 Å². The minimum Gasteiger partial charge on any atom is -0.378 e. The summed E-state index contributed by atoms with van der Waals surface area (Å²) in [6.07, 6.45) is 15.0. The topological polar surface area (TPSA) is 97.7 Å². The number of hydrogen-bond donors (Lipinski definition) is 1. The van der Waals surface area contributed by atoms with Crippen LogP contribution in [0.4, 0.5) is 26.3 Å². The largest absolute Gasteiger partial charge is 0.450 e. The molecule has 0 atom stereocenters. The van der Waals surface area contributed by atoms with Crippen molar-refractivity contribution >= 4 is 20.2 Å². The molecule has 0 aromatic heterocycles. The summed E-state index contributed by atoms with van der Waals surface area (Å²) in [5, 5.41) is -13.5. The first kappa shape index (κ1) is 34.5. The lowest BCUT2D eigenvalue weighted by Crippen LogP contribution is -2.61. The second kappa shape index (κ2) is 14.7. The molecule has 0 unspecified atom stereocenters. The molecule has 0 saturated heterocycles. The molecule has 1 aromatic rings. The standard InChI is InChI=1S/C24H36F6O6S2/c1-2-3-4-5-6-7-8-9-10-11-12-13-14-16-20-17-15-18-21(19-20)36-38(34,35)24(29,30)22(25,26)23(27,28)37(31,32)33/h15,17-19H,2-14,16H2,1H3,(H,31,32,33). The van der Waals surface area contributed by atoms with Crippen molar-refractivity contribution in [1.29, 1.82) is 0 Å². The summed E-state index contributed by atoms with van der Waals surface area (Å²) in [6.45, 7) is 2.18. The maximum Gasteiger partial charge on any atom is 0.450 e. The first-order valence-electron chi connectivity index (χ1n) is 12.6. The molecule has 0 saturated carbocycles. The zero-order valence-corrected chi connectivity index (χ0v) is 22.9. The van der Waals surface area contributed by atoms with Crippen LogP contribution in [0.5, 0.6) is 5.75 Å². The van der Waals surface area contributed by atoms with Gasteiger partial charge in [0.15, 0.2) is 0 Å². The SMILES string of the molecule is CCCCCCCCCCCCCCCc1cccc(OS(=O)(=O)C(F)(F)C(F)(F)C(F)(F)S(=O)(=O)O)c1. The third kappa shape index (κ3) is 9.29. The van der Waals surface area contributed by atoms with E-state index < -0.39 is 42.4 Å². The van der Waals surface area contributed by atoms with E-state index in [1.165, 1.54) is 63.5 Å². The third-order valence-electron chi connectivity index (χ3n) is 6.04. The van der Waals surface area contributed by atoms with E-state index in [1.54, 1.807) is 0 Å². The fraction of sp³-hybridized carbons (Fsp3) is 0.750. The van der Waals surface area contributed by atoms with E-state index in [-0.39, 0.29) is 0 Å². The molecule has 0 aliphatic rings. The van der Waals surface area contributed by atoms with Crippen LogP contribution in [0.1, 0.15) is 96.0 Å². The van der Waals surface area contributed by atoms with Gasteiger partial charge in [-0.05, 0) is 30.5 Å². The summed E-state index contributed by atoms with van der Waals surface area (Å²) < 4.78 is 139. The second-order valence-electron chi connectivity index (χ2n) is 9.26. The van der Waals surface area contributed by atoms with Gasteiger partial charge in [0.25, 0.3) is 0 Å². The quantitative estimate of drug-likeness (QED) is 0.0714. The van der Waals surface area contributed by atoms with Gasteiger partial charge in [-0.1, -0.05) is 96.1 Å². The molecule has 0 bridgehead atoms. The van der Waals surface area contributed by atoms with Crippen LogP contribution in [0, 0.1) is 0 Å². The molecule has 0 heterocycles. The molecule has 0 spiro atoms. The van der Waals surface area contributed by atoms with Crippen molar-refractivity contribution in [2.24, 2.45) is 0 Å². The highest BCUT2D eigenvalue weighted by Crippen LogP contribution is 2.50. The Kier molecular flexibility index (Phi) is 13.4. The van der Waals surface area contributed by atoms with E-state index in [2.05, 4.69) is 11.1 Å². The Morgan fingerprint density at radius 3 is 1.61 bits per heavy atom. The summed E-state index contributed by atoms with van der Waals surface area (Å²) >= 11 is 0. The van der Waals surface area contributed by atoms with Gasteiger partial charge in [-0.3, -0.25) is 4.55 Å². The summed E-state index contributed by atoms with van der Waals surface area (Å²) in [4.78, 5) is 0. The van der Waals surface area contributed by atoms with Gasteiger partial charge in [0, 0.05) is 0 Å². The Bertz CT molecular complexity index is 1060. The van der Waals surface area contributed by atoms with Crippen LogP contribution in [0.15, 0.2) is 24.3 Å². The van der Waals surface area contributed by atoms with Crippen LogP contribution < -0.4 is 4.18 Å². The molecule has 38 heavy (non-hydrogen) atoms. The summed E-state index contributed by atoms with van der Waals surface area (Å²) in [6, 6.07) is 4.53. The van der Waals surface area contributed by atoms with E-state index in [9.17, 15) is 43.2 Å². The molecule has 1 N–H and O–H groups in total. The molecule has 14 heteroatoms. The Morgan fingerprint density at radius 2 is 1.16 bits per heavy atom. The van der Waals surface area contributed by atoms with E-state index in [1.807, 2.05) is 0 Å². The molecule has 0 amide bonds. The molecule has 0 radical (unpaired) electrons. The average Bonchev–Trinajstić information content (AvgIpc) is 2.81. The zero-order chi connectivity index (χ0) is 29.1. The Hall–Kier alpha value is -1.54. The number of rotatable bonds is 20. The van der Waals surface area contributed by atoms with Gasteiger partial charge in [-0.2, -0.15) is 43.2 Å². The van der Waals surface area contributed by atoms with Crippen LogP contribution >= 0.6 is 0 Å². The fourth-order valence-corrected chi connectivity index (χ4v) is 5.19. The van der Waals surface area contributed by atoms with Gasteiger partial charge in [0.2, 0.25) is 0 Å². The van der Waals surface area contributed by atoms with E-state index in [0.29, 0.717) is 18.4 Å². The molecule has 6 nitrogen and oxygen atoms in total. The molecule has 1 rings (SSSR count). The number of alkyl halides is 6. The minimum atomic E-state index is -7.09. The predicted molar refractivity (Wildman–Crippen MR) is 132 cm³/mol. The lowest BCUT2D eigenvalue weighted by atomic mass is 10.0. The molecular weight excluding hydrogens is 562 g/mol. The van der Waals surface area contributed by atoms with Gasteiger partial charge in [0.05, 0.1) is 0 Å². The highest BCUT2D eigenvalue weighted by molar-refractivity contribution is 7.88. The van der Waals surface area contributed by atoms with Crippen molar-refractivity contribution in [2.75, 3.05) is 0 Å². The van der Waals surface area contributed by atoms with Gasteiger partial charge < -0.3 is 4.18 Å². The monoisotopic (exact) mass is 598 g/mol. The Balaban J connectivity index is 2.55. The zero-order valence-electron chi connectivity index (χ0n) is 21.3. The second-order valence-corrected chi connectivity index (χ2v) is 12.3. The molecule has 1 aromatic carbocycles. The van der Waals surface area contributed by atoms with Crippen LogP contribution in [-0.2, 0) is 26.7 Å². The third-order valence-corrected chi connectivity index (χ3v) is 8.24. The smallest absolute Gasteiger partial charge is 0.378 e. The highest BCUT2D eigenvalue weighted by Gasteiger charge is 2.83. The van der Waals surface area contributed by atoms with Crippen molar-refractivity contribution < 1.29 is 51.9 Å². The summed E-state index contributed by atoms with van der Waals surface area (Å²) in [7, 11) is -13.9. The van der Waals surface area contributed by atoms with Crippen LogP contribution in [0.2, 0.25) is 0 Å². The Labute approximate surface area is 221 Å². The molecule has 0 aliphatic heterocycles. The predicted octanol–water partition coefficient (Wildman–Crippen LogP) is 7.74. The van der Waals surface area contributed by atoms with Crippen LogP contribution in [-0.4, -0.2) is 37.8 Å². The maximum absolute atomic E-state index is 14.0. The normalized spacial score (nSPS) is 13.6. The maximum atomic E-state index is 14.0. The highest BCUT2D eigenvalue weighted by atomic mass is 32.2. The van der Waals surface area contributed by atoms with Crippen molar-refractivity contribution in [3.05, 3.63) is 29.8 Å². The molecule has 0 fully saturated rings.